The number of hydrogen-bond acceptors (Lipinski definition) is 7. The van der Waals surface area contributed by atoms with E-state index >= 15 is 0 Å². The number of aromatic nitrogens is 3. The van der Waals surface area contributed by atoms with Gasteiger partial charge in [-0.1, -0.05) is 47.8 Å². The summed E-state index contributed by atoms with van der Waals surface area (Å²) in [5.74, 6) is 0.693. The van der Waals surface area contributed by atoms with E-state index < -0.39 is 0 Å². The van der Waals surface area contributed by atoms with Crippen LogP contribution in [0.2, 0.25) is 0 Å². The minimum Gasteiger partial charge on any atom is -0.459 e. The number of para-hydroxylation sites is 2. The van der Waals surface area contributed by atoms with Crippen LogP contribution in [0.3, 0.4) is 0 Å². The standard InChI is InChI=1S/C24H21N5O3S2/c1-2-28-21(14-25-23(31)18-10-7-13-32-18)26-27-24(28)33-15-22(30)29-16-8-3-5-11-19(16)34-20-12-6-4-9-17(20)29/h3-13H,2,14-15H2,1H3,(H,25,31). The molecule has 0 saturated carbocycles. The number of benzene rings is 2. The fraction of sp³-hybridized carbons (Fsp3) is 0.167. The summed E-state index contributed by atoms with van der Waals surface area (Å²) < 4.78 is 7.01. The normalized spacial score (nSPS) is 12.2. The van der Waals surface area contributed by atoms with Crippen molar-refractivity contribution in [2.45, 2.75) is 35.0 Å². The summed E-state index contributed by atoms with van der Waals surface area (Å²) in [6.07, 6.45) is 1.45. The molecular formula is C24H21N5O3S2. The summed E-state index contributed by atoms with van der Waals surface area (Å²) in [6.45, 7) is 2.79. The van der Waals surface area contributed by atoms with Crippen LogP contribution in [0.25, 0.3) is 0 Å². The van der Waals surface area contributed by atoms with E-state index in [-0.39, 0.29) is 29.9 Å². The predicted molar refractivity (Wildman–Crippen MR) is 130 cm³/mol. The molecule has 5 rings (SSSR count). The van der Waals surface area contributed by atoms with Gasteiger partial charge in [0.05, 0.1) is 29.9 Å². The number of carbonyl (C=O) groups excluding carboxylic acids is 2. The maximum Gasteiger partial charge on any atom is 0.287 e. The second kappa shape index (κ2) is 9.78. The molecule has 0 fully saturated rings. The van der Waals surface area contributed by atoms with Crippen LogP contribution in [0.1, 0.15) is 23.3 Å². The van der Waals surface area contributed by atoms with Crippen LogP contribution in [-0.4, -0.2) is 32.3 Å². The van der Waals surface area contributed by atoms with E-state index in [1.54, 1.807) is 28.8 Å². The number of furan rings is 1. The maximum atomic E-state index is 13.4. The summed E-state index contributed by atoms with van der Waals surface area (Å²) in [5, 5.41) is 11.9. The molecule has 0 saturated heterocycles. The van der Waals surface area contributed by atoms with E-state index in [0.717, 1.165) is 21.2 Å². The van der Waals surface area contributed by atoms with Gasteiger partial charge in [0.15, 0.2) is 16.7 Å². The van der Waals surface area contributed by atoms with Crippen molar-refractivity contribution >= 4 is 46.7 Å². The lowest BCUT2D eigenvalue weighted by Gasteiger charge is -2.30. The van der Waals surface area contributed by atoms with E-state index in [0.29, 0.717) is 17.5 Å². The topological polar surface area (TPSA) is 93.3 Å². The molecule has 0 spiro atoms. The lowest BCUT2D eigenvalue weighted by Crippen LogP contribution is -2.30. The highest BCUT2D eigenvalue weighted by atomic mass is 32.2. The van der Waals surface area contributed by atoms with E-state index in [2.05, 4.69) is 15.5 Å². The zero-order valence-corrected chi connectivity index (χ0v) is 19.9. The first kappa shape index (κ1) is 22.3. The summed E-state index contributed by atoms with van der Waals surface area (Å²) in [6, 6.07) is 19.1. The van der Waals surface area contributed by atoms with Gasteiger partial charge >= 0.3 is 0 Å². The van der Waals surface area contributed by atoms with Gasteiger partial charge in [-0.05, 0) is 43.3 Å². The average Bonchev–Trinajstić information content (AvgIpc) is 3.54. The molecule has 1 aliphatic rings. The molecule has 2 aromatic heterocycles. The maximum absolute atomic E-state index is 13.4. The van der Waals surface area contributed by atoms with Gasteiger partial charge in [0.2, 0.25) is 5.91 Å². The zero-order valence-electron chi connectivity index (χ0n) is 18.3. The van der Waals surface area contributed by atoms with Crippen molar-refractivity contribution in [3.8, 4) is 0 Å². The quantitative estimate of drug-likeness (QED) is 0.373. The van der Waals surface area contributed by atoms with Crippen LogP contribution < -0.4 is 10.2 Å². The molecule has 4 aromatic rings. The molecule has 34 heavy (non-hydrogen) atoms. The number of fused-ring (bicyclic) bond motifs is 2. The van der Waals surface area contributed by atoms with Crippen LogP contribution in [0.15, 0.2) is 86.3 Å². The van der Waals surface area contributed by atoms with Crippen LogP contribution in [0, 0.1) is 0 Å². The second-order valence-electron chi connectivity index (χ2n) is 7.36. The largest absolute Gasteiger partial charge is 0.459 e. The first-order chi connectivity index (χ1) is 16.7. The number of rotatable bonds is 7. The van der Waals surface area contributed by atoms with Gasteiger partial charge in [-0.2, -0.15) is 0 Å². The van der Waals surface area contributed by atoms with Gasteiger partial charge in [-0.25, -0.2) is 0 Å². The third-order valence-electron chi connectivity index (χ3n) is 5.27. The molecule has 0 unspecified atom stereocenters. The monoisotopic (exact) mass is 491 g/mol. The average molecular weight is 492 g/mol. The number of nitrogens with one attached hydrogen (secondary N) is 1. The van der Waals surface area contributed by atoms with Gasteiger partial charge in [-0.15, -0.1) is 10.2 Å². The van der Waals surface area contributed by atoms with Gasteiger partial charge in [0.25, 0.3) is 5.91 Å². The Labute approximate surface area is 204 Å². The Morgan fingerprint density at radius 3 is 2.35 bits per heavy atom. The number of hydrogen-bond donors (Lipinski definition) is 1. The third-order valence-corrected chi connectivity index (χ3v) is 7.35. The highest BCUT2D eigenvalue weighted by Gasteiger charge is 2.28. The molecule has 172 valence electrons. The first-order valence-corrected chi connectivity index (χ1v) is 12.5. The fourth-order valence-corrected chi connectivity index (χ4v) is 5.62. The van der Waals surface area contributed by atoms with Crippen LogP contribution in [0.5, 0.6) is 0 Å². The van der Waals surface area contributed by atoms with E-state index in [9.17, 15) is 9.59 Å². The van der Waals surface area contributed by atoms with Crippen molar-refractivity contribution in [1.29, 1.82) is 0 Å². The molecule has 10 heteroatoms. The number of nitrogens with zero attached hydrogens (tertiary/aromatic N) is 4. The summed E-state index contributed by atoms with van der Waals surface area (Å²) in [4.78, 5) is 29.5. The predicted octanol–water partition coefficient (Wildman–Crippen LogP) is 4.74. The molecule has 8 nitrogen and oxygen atoms in total. The van der Waals surface area contributed by atoms with Crippen molar-refractivity contribution in [2.75, 3.05) is 10.7 Å². The van der Waals surface area contributed by atoms with Crippen molar-refractivity contribution in [3.63, 3.8) is 0 Å². The first-order valence-electron chi connectivity index (χ1n) is 10.7. The third kappa shape index (κ3) is 4.34. The number of carbonyl (C=O) groups is 2. The summed E-state index contributed by atoms with van der Waals surface area (Å²) in [5.41, 5.74) is 1.77. The number of anilines is 2. The van der Waals surface area contributed by atoms with Crippen molar-refractivity contribution in [2.24, 2.45) is 0 Å². The van der Waals surface area contributed by atoms with E-state index in [1.807, 2.05) is 60.0 Å². The molecule has 2 aromatic carbocycles. The molecule has 2 amide bonds. The van der Waals surface area contributed by atoms with Crippen LogP contribution in [0.4, 0.5) is 11.4 Å². The van der Waals surface area contributed by atoms with Crippen molar-refractivity contribution < 1.29 is 14.0 Å². The second-order valence-corrected chi connectivity index (χ2v) is 9.38. The lowest BCUT2D eigenvalue weighted by atomic mass is 10.2. The van der Waals surface area contributed by atoms with E-state index in [4.69, 9.17) is 4.42 Å². The molecule has 0 bridgehead atoms. The Morgan fingerprint density at radius 1 is 1.00 bits per heavy atom. The molecule has 1 N–H and O–H groups in total. The number of amides is 2. The molecule has 3 heterocycles. The molecule has 0 aliphatic carbocycles. The van der Waals surface area contributed by atoms with Gasteiger partial charge in [0.1, 0.15) is 0 Å². The Bertz CT molecular complexity index is 1290. The summed E-state index contributed by atoms with van der Waals surface area (Å²) in [7, 11) is 0. The Balaban J connectivity index is 1.30. The minimum atomic E-state index is -0.319. The van der Waals surface area contributed by atoms with Crippen molar-refractivity contribution in [1.82, 2.24) is 20.1 Å². The highest BCUT2D eigenvalue weighted by Crippen LogP contribution is 2.48. The Kier molecular flexibility index (Phi) is 6.41. The van der Waals surface area contributed by atoms with Crippen LogP contribution >= 0.6 is 23.5 Å². The fourth-order valence-electron chi connectivity index (χ4n) is 3.69. The Morgan fingerprint density at radius 2 is 1.71 bits per heavy atom. The van der Waals surface area contributed by atoms with Gasteiger partial charge in [0, 0.05) is 16.3 Å². The van der Waals surface area contributed by atoms with Crippen LogP contribution in [-0.2, 0) is 17.9 Å². The van der Waals surface area contributed by atoms with Crippen molar-refractivity contribution in [3.05, 3.63) is 78.5 Å². The number of thioether (sulfide) groups is 1. The van der Waals surface area contributed by atoms with E-state index in [1.165, 1.54) is 18.0 Å². The highest BCUT2D eigenvalue weighted by molar-refractivity contribution is 8.00. The smallest absolute Gasteiger partial charge is 0.287 e. The zero-order chi connectivity index (χ0) is 23.5. The molecule has 1 aliphatic heterocycles. The SMILES string of the molecule is CCn1c(CNC(=O)c2ccco2)nnc1SCC(=O)N1c2ccccc2Sc2ccccc21. The van der Waals surface area contributed by atoms with Gasteiger partial charge < -0.3 is 14.3 Å². The molecule has 0 atom stereocenters. The molecule has 0 radical (unpaired) electrons. The minimum absolute atomic E-state index is 0.0384. The van der Waals surface area contributed by atoms with Gasteiger partial charge in [-0.3, -0.25) is 14.5 Å². The Hall–Kier alpha value is -3.50. The molecular weight excluding hydrogens is 470 g/mol. The lowest BCUT2D eigenvalue weighted by molar-refractivity contribution is -0.115. The summed E-state index contributed by atoms with van der Waals surface area (Å²) >= 11 is 3.00.